The average molecular weight is 323 g/mol. The Labute approximate surface area is 136 Å². The molecule has 24 heavy (non-hydrogen) atoms. The molecule has 2 N–H and O–H groups in total. The maximum absolute atomic E-state index is 11.1. The van der Waals surface area contributed by atoms with E-state index in [-0.39, 0.29) is 5.56 Å². The van der Waals surface area contributed by atoms with Crippen molar-refractivity contribution in [3.05, 3.63) is 48.3 Å². The van der Waals surface area contributed by atoms with Crippen LogP contribution in [-0.4, -0.2) is 34.3 Å². The molecule has 1 aromatic heterocycles. The summed E-state index contributed by atoms with van der Waals surface area (Å²) in [5, 5.41) is 13.0. The molecule has 7 nitrogen and oxygen atoms in total. The molecule has 0 aliphatic carbocycles. The van der Waals surface area contributed by atoms with Gasteiger partial charge in [-0.05, 0) is 30.3 Å². The van der Waals surface area contributed by atoms with Gasteiger partial charge in [-0.1, -0.05) is 0 Å². The number of fused-ring (bicyclic) bond motifs is 2. The lowest BCUT2D eigenvalue weighted by Gasteiger charge is -2.19. The van der Waals surface area contributed by atoms with E-state index in [2.05, 4.69) is 15.3 Å². The SMILES string of the molecule is O=C(O)c1ccc2c(Nc3ccc4c(c3)OCCO4)ncnc2c1. The van der Waals surface area contributed by atoms with E-state index in [9.17, 15) is 4.79 Å². The van der Waals surface area contributed by atoms with Crippen LogP contribution in [0.2, 0.25) is 0 Å². The number of rotatable bonds is 3. The molecule has 1 aliphatic heterocycles. The summed E-state index contributed by atoms with van der Waals surface area (Å²) in [5.74, 6) is 0.994. The van der Waals surface area contributed by atoms with E-state index < -0.39 is 5.97 Å². The smallest absolute Gasteiger partial charge is 0.335 e. The molecule has 4 rings (SSSR count). The molecule has 0 spiro atoms. The van der Waals surface area contributed by atoms with E-state index in [1.54, 1.807) is 6.07 Å². The van der Waals surface area contributed by atoms with Crippen molar-refractivity contribution in [3.8, 4) is 11.5 Å². The van der Waals surface area contributed by atoms with Gasteiger partial charge in [0.25, 0.3) is 0 Å². The third-order valence-electron chi connectivity index (χ3n) is 3.69. The first kappa shape index (κ1) is 14.3. The van der Waals surface area contributed by atoms with Gasteiger partial charge in [-0.25, -0.2) is 14.8 Å². The second-order valence-electron chi connectivity index (χ2n) is 5.24. The number of benzene rings is 2. The van der Waals surface area contributed by atoms with Crippen LogP contribution in [0.5, 0.6) is 11.5 Å². The van der Waals surface area contributed by atoms with Gasteiger partial charge in [0.15, 0.2) is 11.5 Å². The summed E-state index contributed by atoms with van der Waals surface area (Å²) in [6, 6.07) is 10.3. The fraction of sp³-hybridized carbons (Fsp3) is 0.118. The van der Waals surface area contributed by atoms with Gasteiger partial charge >= 0.3 is 5.97 Å². The molecule has 0 fully saturated rings. The zero-order valence-corrected chi connectivity index (χ0v) is 12.5. The first-order valence-corrected chi connectivity index (χ1v) is 7.35. The Balaban J connectivity index is 1.70. The molecule has 0 saturated heterocycles. The van der Waals surface area contributed by atoms with E-state index in [0.717, 1.165) is 11.1 Å². The number of ether oxygens (including phenoxy) is 2. The zero-order chi connectivity index (χ0) is 16.5. The van der Waals surface area contributed by atoms with Crippen LogP contribution in [0.1, 0.15) is 10.4 Å². The highest BCUT2D eigenvalue weighted by Crippen LogP contribution is 2.34. The summed E-state index contributed by atoms with van der Waals surface area (Å²) in [4.78, 5) is 19.5. The number of hydrogen-bond acceptors (Lipinski definition) is 6. The van der Waals surface area contributed by atoms with E-state index >= 15 is 0 Å². The average Bonchev–Trinajstić information content (AvgIpc) is 2.61. The standard InChI is InChI=1S/C17H13N3O4/c21-17(22)10-1-3-12-13(7-10)18-9-19-16(12)20-11-2-4-14-15(8-11)24-6-5-23-14/h1-4,7-9H,5-6H2,(H,21,22)(H,18,19,20). The number of anilines is 2. The summed E-state index contributed by atoms with van der Waals surface area (Å²) in [5.41, 5.74) is 1.54. The van der Waals surface area contributed by atoms with Gasteiger partial charge in [-0.2, -0.15) is 0 Å². The molecular weight excluding hydrogens is 310 g/mol. The Morgan fingerprint density at radius 2 is 1.88 bits per heavy atom. The Bertz CT molecular complexity index is 942. The number of aromatic nitrogens is 2. The van der Waals surface area contributed by atoms with Crippen molar-refractivity contribution >= 4 is 28.4 Å². The van der Waals surface area contributed by atoms with Gasteiger partial charge in [0.05, 0.1) is 11.1 Å². The second kappa shape index (κ2) is 5.69. The van der Waals surface area contributed by atoms with E-state index in [1.807, 2.05) is 18.2 Å². The third kappa shape index (κ3) is 2.56. The molecule has 2 aromatic carbocycles. The normalized spacial score (nSPS) is 12.8. The van der Waals surface area contributed by atoms with Crippen LogP contribution in [0.25, 0.3) is 10.9 Å². The monoisotopic (exact) mass is 323 g/mol. The number of nitrogens with one attached hydrogen (secondary N) is 1. The lowest BCUT2D eigenvalue weighted by Crippen LogP contribution is -2.15. The zero-order valence-electron chi connectivity index (χ0n) is 12.5. The molecule has 120 valence electrons. The molecule has 0 atom stereocenters. The number of aromatic carboxylic acids is 1. The van der Waals surface area contributed by atoms with Gasteiger partial charge in [-0.15, -0.1) is 0 Å². The van der Waals surface area contributed by atoms with Gasteiger partial charge in [0, 0.05) is 17.1 Å². The Morgan fingerprint density at radius 1 is 1.04 bits per heavy atom. The van der Waals surface area contributed by atoms with Crippen molar-refractivity contribution in [3.63, 3.8) is 0 Å². The largest absolute Gasteiger partial charge is 0.486 e. The lowest BCUT2D eigenvalue weighted by molar-refractivity contribution is 0.0697. The van der Waals surface area contributed by atoms with Crippen LogP contribution in [-0.2, 0) is 0 Å². The van der Waals surface area contributed by atoms with Gasteiger partial charge in [0.2, 0.25) is 0 Å². The minimum atomic E-state index is -0.989. The van der Waals surface area contributed by atoms with Gasteiger partial charge < -0.3 is 19.9 Å². The Kier molecular flexibility index (Phi) is 3.38. The third-order valence-corrected chi connectivity index (χ3v) is 3.69. The van der Waals surface area contributed by atoms with Gasteiger partial charge in [-0.3, -0.25) is 0 Å². The summed E-state index contributed by atoms with van der Waals surface area (Å²) < 4.78 is 11.1. The van der Waals surface area contributed by atoms with Crippen LogP contribution < -0.4 is 14.8 Å². The molecular formula is C17H13N3O4. The quantitative estimate of drug-likeness (QED) is 0.765. The number of nitrogens with zero attached hydrogens (tertiary/aromatic N) is 2. The molecule has 0 amide bonds. The lowest BCUT2D eigenvalue weighted by atomic mass is 10.1. The molecule has 0 radical (unpaired) electrons. The number of carbonyl (C=O) groups is 1. The van der Waals surface area contributed by atoms with E-state index in [1.165, 1.54) is 18.5 Å². The predicted octanol–water partition coefficient (Wildman–Crippen LogP) is 2.84. The molecule has 2 heterocycles. The van der Waals surface area contributed by atoms with Crippen LogP contribution in [0.3, 0.4) is 0 Å². The Hall–Kier alpha value is -3.35. The van der Waals surface area contributed by atoms with Crippen LogP contribution in [0, 0.1) is 0 Å². The predicted molar refractivity (Wildman–Crippen MR) is 87.2 cm³/mol. The fourth-order valence-electron chi connectivity index (χ4n) is 2.55. The van der Waals surface area contributed by atoms with Crippen LogP contribution in [0.15, 0.2) is 42.7 Å². The van der Waals surface area contributed by atoms with E-state index in [4.69, 9.17) is 14.6 Å². The van der Waals surface area contributed by atoms with Crippen molar-refractivity contribution in [2.24, 2.45) is 0 Å². The topological polar surface area (TPSA) is 93.6 Å². The molecule has 0 saturated carbocycles. The number of carboxylic acids is 1. The summed E-state index contributed by atoms with van der Waals surface area (Å²) >= 11 is 0. The summed E-state index contributed by atoms with van der Waals surface area (Å²) in [7, 11) is 0. The summed E-state index contributed by atoms with van der Waals surface area (Å²) in [6.45, 7) is 1.06. The molecule has 3 aromatic rings. The molecule has 0 bridgehead atoms. The van der Waals surface area contributed by atoms with Crippen molar-refractivity contribution in [1.82, 2.24) is 9.97 Å². The minimum Gasteiger partial charge on any atom is -0.486 e. The van der Waals surface area contributed by atoms with Gasteiger partial charge in [0.1, 0.15) is 25.4 Å². The van der Waals surface area contributed by atoms with Crippen molar-refractivity contribution in [2.75, 3.05) is 18.5 Å². The van der Waals surface area contributed by atoms with Crippen molar-refractivity contribution < 1.29 is 19.4 Å². The fourth-order valence-corrected chi connectivity index (χ4v) is 2.55. The highest BCUT2D eigenvalue weighted by molar-refractivity contribution is 5.97. The van der Waals surface area contributed by atoms with Crippen molar-refractivity contribution in [2.45, 2.75) is 0 Å². The molecule has 7 heteroatoms. The number of carboxylic acid groups (broad SMARTS) is 1. The molecule has 0 unspecified atom stereocenters. The minimum absolute atomic E-state index is 0.187. The van der Waals surface area contributed by atoms with Crippen LogP contribution in [0.4, 0.5) is 11.5 Å². The first-order valence-electron chi connectivity index (χ1n) is 7.35. The highest BCUT2D eigenvalue weighted by atomic mass is 16.6. The first-order chi connectivity index (χ1) is 11.7. The number of hydrogen-bond donors (Lipinski definition) is 2. The molecule has 1 aliphatic rings. The van der Waals surface area contributed by atoms with E-state index in [0.29, 0.717) is 36.0 Å². The van der Waals surface area contributed by atoms with Crippen LogP contribution >= 0.6 is 0 Å². The van der Waals surface area contributed by atoms with Crippen molar-refractivity contribution in [1.29, 1.82) is 0 Å². The maximum atomic E-state index is 11.1. The second-order valence-corrected chi connectivity index (χ2v) is 5.24. The summed E-state index contributed by atoms with van der Waals surface area (Å²) in [6.07, 6.45) is 1.40. The maximum Gasteiger partial charge on any atom is 0.335 e. The Morgan fingerprint density at radius 3 is 2.71 bits per heavy atom. The highest BCUT2D eigenvalue weighted by Gasteiger charge is 2.13.